The van der Waals surface area contributed by atoms with E-state index in [1.165, 1.54) is 11.3 Å². The van der Waals surface area contributed by atoms with E-state index in [2.05, 4.69) is 16.3 Å². The number of ketones is 1. The summed E-state index contributed by atoms with van der Waals surface area (Å²) < 4.78 is 0. The van der Waals surface area contributed by atoms with E-state index in [1.807, 2.05) is 18.2 Å². The van der Waals surface area contributed by atoms with Gasteiger partial charge in [-0.15, -0.1) is 0 Å². The van der Waals surface area contributed by atoms with E-state index in [9.17, 15) is 14.4 Å². The first kappa shape index (κ1) is 18.0. The zero-order valence-electron chi connectivity index (χ0n) is 15.9. The van der Waals surface area contributed by atoms with Crippen LogP contribution in [0.5, 0.6) is 0 Å². The SMILES string of the molecule is CC(=O)Cc1cccc(N2CCC3(CC2)NC(=O)N(CC2CCC2)C3=O)c1. The Kier molecular flexibility index (Phi) is 4.66. The van der Waals surface area contributed by atoms with Crippen LogP contribution in [0.3, 0.4) is 0 Å². The van der Waals surface area contributed by atoms with Gasteiger partial charge in [0.05, 0.1) is 0 Å². The highest BCUT2D eigenvalue weighted by Gasteiger charge is 2.52. The van der Waals surface area contributed by atoms with E-state index in [1.54, 1.807) is 6.92 Å². The lowest BCUT2D eigenvalue weighted by molar-refractivity contribution is -0.132. The van der Waals surface area contributed by atoms with Gasteiger partial charge in [0, 0.05) is 31.7 Å². The fraction of sp³-hybridized carbons (Fsp3) is 0.571. The van der Waals surface area contributed by atoms with Gasteiger partial charge in [-0.3, -0.25) is 14.5 Å². The maximum absolute atomic E-state index is 13.0. The Balaban J connectivity index is 1.42. The van der Waals surface area contributed by atoms with Crippen molar-refractivity contribution in [2.75, 3.05) is 24.5 Å². The summed E-state index contributed by atoms with van der Waals surface area (Å²) in [7, 11) is 0. The number of carbonyl (C=O) groups is 3. The average molecular weight is 369 g/mol. The molecule has 3 aliphatic rings. The second-order valence-electron chi connectivity index (χ2n) is 8.26. The number of Topliss-reactive ketones (excluding diaryl/α,β-unsaturated/α-hetero) is 1. The van der Waals surface area contributed by atoms with Crippen molar-refractivity contribution in [3.8, 4) is 0 Å². The number of urea groups is 1. The molecule has 2 saturated heterocycles. The standard InChI is InChI=1S/C21H27N3O3/c1-15(25)12-17-6-3-7-18(13-17)23-10-8-21(9-11-23)19(26)24(20(27)22-21)14-16-4-2-5-16/h3,6-7,13,16H,2,4-5,8-12,14H2,1H3,(H,22,27). The molecule has 2 aliphatic heterocycles. The van der Waals surface area contributed by atoms with Gasteiger partial charge in [0.25, 0.3) is 5.91 Å². The molecular formula is C21H27N3O3. The number of nitrogens with one attached hydrogen (secondary N) is 1. The molecule has 0 atom stereocenters. The van der Waals surface area contributed by atoms with Gasteiger partial charge in [-0.05, 0) is 56.2 Å². The van der Waals surface area contributed by atoms with Crippen LogP contribution in [-0.2, 0) is 16.0 Å². The van der Waals surface area contributed by atoms with E-state index in [-0.39, 0.29) is 17.7 Å². The summed E-state index contributed by atoms with van der Waals surface area (Å²) in [4.78, 5) is 40.4. The zero-order valence-corrected chi connectivity index (χ0v) is 15.9. The molecule has 3 fully saturated rings. The summed E-state index contributed by atoms with van der Waals surface area (Å²) in [6, 6.07) is 7.82. The van der Waals surface area contributed by atoms with E-state index in [0.29, 0.717) is 44.8 Å². The maximum Gasteiger partial charge on any atom is 0.325 e. The number of amides is 3. The van der Waals surface area contributed by atoms with Gasteiger partial charge in [0.2, 0.25) is 0 Å². The van der Waals surface area contributed by atoms with Crippen molar-refractivity contribution >= 4 is 23.4 Å². The molecule has 144 valence electrons. The lowest BCUT2D eigenvalue weighted by atomic mass is 9.84. The molecule has 3 amide bonds. The number of benzene rings is 1. The van der Waals surface area contributed by atoms with Crippen molar-refractivity contribution in [1.29, 1.82) is 0 Å². The number of piperidine rings is 1. The molecule has 2 heterocycles. The van der Waals surface area contributed by atoms with Crippen LogP contribution in [0, 0.1) is 5.92 Å². The number of nitrogens with zero attached hydrogens (tertiary/aromatic N) is 2. The molecule has 0 unspecified atom stereocenters. The minimum Gasteiger partial charge on any atom is -0.371 e. The predicted octanol–water partition coefficient (Wildman–Crippen LogP) is 2.51. The normalized spacial score (nSPS) is 22.1. The van der Waals surface area contributed by atoms with E-state index in [0.717, 1.165) is 24.1 Å². The number of anilines is 1. The average Bonchev–Trinajstić information content (AvgIpc) is 2.82. The van der Waals surface area contributed by atoms with E-state index in [4.69, 9.17) is 0 Å². The molecule has 6 heteroatoms. The Morgan fingerprint density at radius 1 is 1.22 bits per heavy atom. The van der Waals surface area contributed by atoms with Crippen molar-refractivity contribution in [2.45, 2.75) is 51.0 Å². The minimum absolute atomic E-state index is 0.0376. The summed E-state index contributed by atoms with van der Waals surface area (Å²) in [6.07, 6.45) is 5.13. The highest BCUT2D eigenvalue weighted by atomic mass is 16.2. The quantitative estimate of drug-likeness (QED) is 0.810. The molecule has 4 rings (SSSR count). The second-order valence-corrected chi connectivity index (χ2v) is 8.26. The maximum atomic E-state index is 13.0. The molecular weight excluding hydrogens is 342 g/mol. The fourth-order valence-corrected chi connectivity index (χ4v) is 4.41. The monoisotopic (exact) mass is 369 g/mol. The third-order valence-corrected chi connectivity index (χ3v) is 6.26. The van der Waals surface area contributed by atoms with Gasteiger partial charge in [-0.25, -0.2) is 4.79 Å². The first-order valence-electron chi connectivity index (χ1n) is 9.94. The van der Waals surface area contributed by atoms with Crippen LogP contribution in [0.2, 0.25) is 0 Å². The van der Waals surface area contributed by atoms with E-state index >= 15 is 0 Å². The van der Waals surface area contributed by atoms with Gasteiger partial charge in [0.1, 0.15) is 11.3 Å². The highest BCUT2D eigenvalue weighted by Crippen LogP contribution is 2.34. The molecule has 1 aliphatic carbocycles. The Morgan fingerprint density at radius 2 is 1.96 bits per heavy atom. The van der Waals surface area contributed by atoms with Gasteiger partial charge in [-0.1, -0.05) is 18.6 Å². The zero-order chi connectivity index (χ0) is 19.0. The smallest absolute Gasteiger partial charge is 0.325 e. The Bertz CT molecular complexity index is 764. The summed E-state index contributed by atoms with van der Waals surface area (Å²) in [5, 5.41) is 3.00. The lowest BCUT2D eigenvalue weighted by Crippen LogP contribution is -2.55. The Morgan fingerprint density at radius 3 is 2.59 bits per heavy atom. The van der Waals surface area contributed by atoms with Crippen LogP contribution in [0.1, 0.15) is 44.6 Å². The first-order valence-corrected chi connectivity index (χ1v) is 9.94. The first-order chi connectivity index (χ1) is 13.0. The van der Waals surface area contributed by atoms with Crippen LogP contribution in [0.15, 0.2) is 24.3 Å². The third-order valence-electron chi connectivity index (χ3n) is 6.26. The van der Waals surface area contributed by atoms with Crippen LogP contribution in [0.4, 0.5) is 10.5 Å². The lowest BCUT2D eigenvalue weighted by Gasteiger charge is -2.38. The van der Waals surface area contributed by atoms with Crippen LogP contribution >= 0.6 is 0 Å². The van der Waals surface area contributed by atoms with Crippen molar-refractivity contribution in [1.82, 2.24) is 10.2 Å². The molecule has 0 aromatic heterocycles. The van der Waals surface area contributed by atoms with Crippen LogP contribution < -0.4 is 10.2 Å². The summed E-state index contributed by atoms with van der Waals surface area (Å²) >= 11 is 0. The third kappa shape index (κ3) is 3.45. The highest BCUT2D eigenvalue weighted by molar-refractivity contribution is 6.07. The predicted molar refractivity (Wildman–Crippen MR) is 103 cm³/mol. The van der Waals surface area contributed by atoms with Crippen molar-refractivity contribution in [3.63, 3.8) is 0 Å². The number of imide groups is 1. The van der Waals surface area contributed by atoms with Crippen molar-refractivity contribution < 1.29 is 14.4 Å². The number of hydrogen-bond acceptors (Lipinski definition) is 4. The van der Waals surface area contributed by atoms with Crippen LogP contribution in [-0.4, -0.2) is 47.8 Å². The van der Waals surface area contributed by atoms with Gasteiger partial charge in [-0.2, -0.15) is 0 Å². The largest absolute Gasteiger partial charge is 0.371 e. The number of hydrogen-bond donors (Lipinski definition) is 1. The summed E-state index contributed by atoms with van der Waals surface area (Å²) in [5.41, 5.74) is 1.36. The van der Waals surface area contributed by atoms with Gasteiger partial charge < -0.3 is 10.2 Å². The van der Waals surface area contributed by atoms with Crippen LogP contribution in [0.25, 0.3) is 0 Å². The fourth-order valence-electron chi connectivity index (χ4n) is 4.41. The van der Waals surface area contributed by atoms with Crippen molar-refractivity contribution in [3.05, 3.63) is 29.8 Å². The molecule has 1 aromatic rings. The molecule has 1 aromatic carbocycles. The Labute approximate surface area is 159 Å². The summed E-state index contributed by atoms with van der Waals surface area (Å²) in [6.45, 7) is 3.60. The second kappa shape index (κ2) is 6.98. The Hall–Kier alpha value is -2.37. The molecule has 0 bridgehead atoms. The molecule has 0 radical (unpaired) electrons. The molecule has 6 nitrogen and oxygen atoms in total. The van der Waals surface area contributed by atoms with Crippen molar-refractivity contribution in [2.24, 2.45) is 5.92 Å². The molecule has 1 saturated carbocycles. The topological polar surface area (TPSA) is 69.7 Å². The summed E-state index contributed by atoms with van der Waals surface area (Å²) in [5.74, 6) is 0.596. The van der Waals surface area contributed by atoms with E-state index < -0.39 is 5.54 Å². The molecule has 27 heavy (non-hydrogen) atoms. The van der Waals surface area contributed by atoms with Gasteiger partial charge in [0.15, 0.2) is 0 Å². The molecule has 1 spiro atoms. The van der Waals surface area contributed by atoms with Gasteiger partial charge >= 0.3 is 6.03 Å². The number of rotatable bonds is 5. The number of carbonyl (C=O) groups excluding carboxylic acids is 3. The minimum atomic E-state index is -0.728. The molecule has 1 N–H and O–H groups in total.